The van der Waals surface area contributed by atoms with Gasteiger partial charge in [0.15, 0.2) is 31.5 Å². The van der Waals surface area contributed by atoms with Gasteiger partial charge in [-0.2, -0.15) is 0 Å². The van der Waals surface area contributed by atoms with Crippen LogP contribution in [0.5, 0.6) is 0 Å². The van der Waals surface area contributed by atoms with Gasteiger partial charge in [0.25, 0.3) is 0 Å². The van der Waals surface area contributed by atoms with Crippen LogP contribution in [0.1, 0.15) is 96.3 Å². The molecule has 0 aromatic rings. The van der Waals surface area contributed by atoms with Crippen molar-refractivity contribution >= 4 is 17.9 Å². The molecule has 5 saturated carbocycles. The molecule has 6 saturated heterocycles. The standard InChI is InChI=1S/C73H114O40/c1-99-41-19-31(8-11-34(41)77)67-44(22-33-37(80)20-32(76)21-40(33)103-67)107-73-68(113-72-66(98)61(93)56(88)48(111-72)26-101-52(84)15-7-30-3-10-36(79)43(18-30)106-71-64(96)59(91)54(86)46(24-75)109-71)62(94)57(89)49(112-73)27-102-50(82)13-5-28-4-12-39(38(81)16-28)104-69-65(97)60(92)55(87)47(110-69)25-100-51(83)14-6-29-2-9-35(78)42(17-29)105-70-63(95)58(90)53(85)45(23-74)108-70/h5-7,13-15,28-49,53-81,85-98H,2-4,8-12,16-27H2,1H3/t28?,29?,30?,31?,32?,33?,34?,35?,36?,37?,38?,39?,40?,41?,42?,43?,44?,45-,46-,47-,48-,49-,53-,54-,55-,56-,57-,58+,59+,60+,61+,62+,63-,64-,65-,66-,67?,68-,69-,70-,71-,72+,73-/m1/s1. The summed E-state index contributed by atoms with van der Waals surface area (Å²) in [4.78, 5) is 39.8. The quantitative estimate of drug-likeness (QED) is 0.0217. The van der Waals surface area contributed by atoms with Crippen molar-refractivity contribution in [3.05, 3.63) is 36.5 Å². The minimum absolute atomic E-state index is 0.000707. The summed E-state index contributed by atoms with van der Waals surface area (Å²) in [6, 6.07) is 0. The van der Waals surface area contributed by atoms with E-state index in [1.165, 1.54) is 25.3 Å². The molecule has 646 valence electrons. The third-order valence-electron chi connectivity index (χ3n) is 24.0. The van der Waals surface area contributed by atoms with Crippen molar-refractivity contribution in [1.82, 2.24) is 0 Å². The molecule has 6 aliphatic heterocycles. The summed E-state index contributed by atoms with van der Waals surface area (Å²) in [5.74, 6) is -5.24. The maximum atomic E-state index is 13.6. The first-order chi connectivity index (χ1) is 53.8. The number of aliphatic hydroxyl groups is 22. The number of esters is 3. The van der Waals surface area contributed by atoms with Gasteiger partial charge in [-0.05, 0) is 120 Å². The van der Waals surface area contributed by atoms with Crippen LogP contribution in [0.3, 0.4) is 0 Å². The molecule has 6 heterocycles. The molecule has 11 rings (SSSR count). The molecule has 22 N–H and O–H groups in total. The van der Waals surface area contributed by atoms with E-state index in [0.29, 0.717) is 19.3 Å². The van der Waals surface area contributed by atoms with Crippen molar-refractivity contribution in [3.63, 3.8) is 0 Å². The number of carbonyl (C=O) groups excluding carboxylic acids is 3. The van der Waals surface area contributed by atoms with Gasteiger partial charge >= 0.3 is 17.9 Å². The lowest BCUT2D eigenvalue weighted by atomic mass is 9.72. The molecule has 11 fully saturated rings. The van der Waals surface area contributed by atoms with E-state index in [2.05, 4.69) is 0 Å². The number of rotatable bonds is 26. The van der Waals surface area contributed by atoms with Gasteiger partial charge in [0.05, 0.1) is 92.6 Å². The molecular formula is C73H114O40. The van der Waals surface area contributed by atoms with Gasteiger partial charge in [0.1, 0.15) is 142 Å². The first-order valence-corrected chi connectivity index (χ1v) is 38.9. The molecule has 0 spiro atoms. The first kappa shape index (κ1) is 90.0. The summed E-state index contributed by atoms with van der Waals surface area (Å²) in [5, 5.41) is 237. The normalized spacial score (nSPS) is 48.9. The van der Waals surface area contributed by atoms with E-state index < -0.39 is 307 Å². The van der Waals surface area contributed by atoms with E-state index in [0.717, 1.165) is 18.2 Å². The van der Waals surface area contributed by atoms with Gasteiger partial charge < -0.3 is 183 Å². The molecule has 113 heavy (non-hydrogen) atoms. The number of aliphatic hydroxyl groups excluding tert-OH is 22. The van der Waals surface area contributed by atoms with E-state index in [1.54, 1.807) is 0 Å². The van der Waals surface area contributed by atoms with Crippen molar-refractivity contribution in [3.8, 4) is 0 Å². The molecule has 0 aromatic carbocycles. The van der Waals surface area contributed by atoms with Crippen molar-refractivity contribution in [2.24, 2.45) is 29.6 Å². The van der Waals surface area contributed by atoms with Gasteiger partial charge in [0, 0.05) is 31.3 Å². The number of allylic oxidation sites excluding steroid dienone is 3. The van der Waals surface area contributed by atoms with E-state index in [1.807, 2.05) is 0 Å². The Hall–Kier alpha value is -3.73. The molecule has 18 unspecified atom stereocenters. The van der Waals surface area contributed by atoms with E-state index in [9.17, 15) is 127 Å². The monoisotopic (exact) mass is 1630 g/mol. The highest BCUT2D eigenvalue weighted by Crippen LogP contribution is 2.45. The summed E-state index contributed by atoms with van der Waals surface area (Å²) >= 11 is 0. The Balaban J connectivity index is 0.695. The first-order valence-electron chi connectivity index (χ1n) is 38.9. The zero-order valence-electron chi connectivity index (χ0n) is 62.1. The summed E-state index contributed by atoms with van der Waals surface area (Å²) < 4.78 is 88.1. The molecule has 0 bridgehead atoms. The number of ether oxygens (including phenoxy) is 15. The number of hydrogen-bond donors (Lipinski definition) is 22. The predicted octanol–water partition coefficient (Wildman–Crippen LogP) is -9.18. The second-order valence-electron chi connectivity index (χ2n) is 31.8. The van der Waals surface area contributed by atoms with E-state index in [4.69, 9.17) is 71.1 Å². The lowest BCUT2D eigenvalue weighted by Gasteiger charge is -2.52. The van der Waals surface area contributed by atoms with Gasteiger partial charge in [-0.3, -0.25) is 0 Å². The lowest BCUT2D eigenvalue weighted by molar-refractivity contribution is -0.379. The zero-order valence-corrected chi connectivity index (χ0v) is 62.1. The largest absolute Gasteiger partial charge is 0.460 e. The van der Waals surface area contributed by atoms with Crippen molar-refractivity contribution in [2.45, 2.75) is 329 Å². The molecule has 43 atom stereocenters. The maximum Gasteiger partial charge on any atom is 0.330 e. The highest BCUT2D eigenvalue weighted by Gasteiger charge is 2.57. The Morgan fingerprint density at radius 3 is 1.16 bits per heavy atom. The minimum atomic E-state index is -2.12. The third-order valence-corrected chi connectivity index (χ3v) is 24.0. The maximum absolute atomic E-state index is 13.6. The Morgan fingerprint density at radius 1 is 0.327 bits per heavy atom. The van der Waals surface area contributed by atoms with Crippen molar-refractivity contribution in [2.75, 3.05) is 40.1 Å². The average molecular weight is 1630 g/mol. The Kier molecular flexibility index (Phi) is 32.3. The van der Waals surface area contributed by atoms with E-state index in [-0.39, 0.29) is 83.0 Å². The molecule has 5 aliphatic carbocycles. The van der Waals surface area contributed by atoms with Crippen molar-refractivity contribution in [1.29, 1.82) is 0 Å². The highest BCUT2D eigenvalue weighted by atomic mass is 16.8. The van der Waals surface area contributed by atoms with Gasteiger partial charge in [0.2, 0.25) is 0 Å². The Bertz CT molecular complexity index is 3080. The van der Waals surface area contributed by atoms with Gasteiger partial charge in [-0.15, -0.1) is 0 Å². The van der Waals surface area contributed by atoms with Crippen LogP contribution in [0.2, 0.25) is 0 Å². The smallest absolute Gasteiger partial charge is 0.330 e. The molecule has 0 radical (unpaired) electrons. The summed E-state index contributed by atoms with van der Waals surface area (Å²) in [7, 11) is 1.44. The van der Waals surface area contributed by atoms with Crippen LogP contribution in [0.15, 0.2) is 36.5 Å². The number of hydrogen-bond acceptors (Lipinski definition) is 40. The summed E-state index contributed by atoms with van der Waals surface area (Å²) in [6.45, 7) is -3.60. The van der Waals surface area contributed by atoms with Gasteiger partial charge in [-0.25, -0.2) is 14.4 Å². The Morgan fingerprint density at radius 2 is 0.708 bits per heavy atom. The summed E-state index contributed by atoms with van der Waals surface area (Å²) in [5.41, 5.74) is 0. The lowest BCUT2D eigenvalue weighted by Crippen LogP contribution is -2.66. The van der Waals surface area contributed by atoms with Crippen LogP contribution in [0, 0.1) is 29.6 Å². The average Bonchev–Trinajstić information content (AvgIpc) is 0.763. The Labute approximate surface area is 649 Å². The van der Waals surface area contributed by atoms with E-state index >= 15 is 0 Å². The SMILES string of the molecule is COC1CC(C2OC3CC(O)CC(O)C3CC2O[C@@H]2O[C@H](COC(=O)C=CC3CCC(O[C@@H]4O[C@H](COC(=O)C=CC5CCC(O)C(O[C@@H]6O[C@H](CO)[C@@H](O)[C@H](O)[C@H]6O)C5)[C@@H](O)[C@H](O)[C@H]4O)C(O)C3)[C@@H](O)[C@H](O)[C@H]2O[C@@H]2O[C@H](COC(=O)C=CC3CCC(O)C(O[C@@H]4O[C@H](CO)[C@@H](O)[C@H](O)[C@H]4O)C3)[C@@H](O)[C@H](O)[C@H]2O)CCC1O. The predicted molar refractivity (Wildman–Crippen MR) is 368 cm³/mol. The van der Waals surface area contributed by atoms with Crippen molar-refractivity contribution < 1.29 is 198 Å². The number of fused-ring (bicyclic) bond motifs is 1. The molecular weight excluding hydrogens is 1520 g/mol. The van der Waals surface area contributed by atoms with Crippen LogP contribution in [-0.2, 0) is 85.4 Å². The molecule has 40 nitrogen and oxygen atoms in total. The van der Waals surface area contributed by atoms with Crippen LogP contribution in [0.25, 0.3) is 0 Å². The molecule has 40 heteroatoms. The van der Waals surface area contributed by atoms with Crippen LogP contribution in [-0.4, -0.2) is 403 Å². The fourth-order valence-electron chi connectivity index (χ4n) is 17.2. The van der Waals surface area contributed by atoms with Crippen LogP contribution >= 0.6 is 0 Å². The fraction of sp³-hybridized carbons (Fsp3) is 0.877. The highest BCUT2D eigenvalue weighted by molar-refractivity contribution is 5.82. The fourth-order valence-corrected chi connectivity index (χ4v) is 17.2. The number of carbonyl (C=O) groups is 3. The van der Waals surface area contributed by atoms with Crippen LogP contribution < -0.4 is 0 Å². The minimum Gasteiger partial charge on any atom is -0.460 e. The topological polar surface area (TPSA) is 635 Å². The molecule has 0 amide bonds. The van der Waals surface area contributed by atoms with Crippen LogP contribution in [0.4, 0.5) is 0 Å². The number of methoxy groups -OCH3 is 1. The second kappa shape index (κ2) is 40.6. The zero-order chi connectivity index (χ0) is 81.5. The summed E-state index contributed by atoms with van der Waals surface area (Å²) in [6.07, 6.45) is -45.8. The van der Waals surface area contributed by atoms with Gasteiger partial charge in [-0.1, -0.05) is 18.2 Å². The molecule has 0 aromatic heterocycles. The second-order valence-corrected chi connectivity index (χ2v) is 31.8. The molecule has 11 aliphatic rings. The third kappa shape index (κ3) is 21.9.